The predicted octanol–water partition coefficient (Wildman–Crippen LogP) is 2.46. The van der Waals surface area contributed by atoms with Crippen LogP contribution in [0.3, 0.4) is 0 Å². The fourth-order valence-electron chi connectivity index (χ4n) is 4.02. The molecule has 0 saturated carbocycles. The second kappa shape index (κ2) is 7.64. The van der Waals surface area contributed by atoms with E-state index in [4.69, 9.17) is 4.74 Å². The van der Waals surface area contributed by atoms with E-state index >= 15 is 0 Å². The van der Waals surface area contributed by atoms with Gasteiger partial charge in [-0.3, -0.25) is 14.5 Å². The molecule has 1 atom stereocenters. The van der Waals surface area contributed by atoms with Crippen molar-refractivity contribution in [3.05, 3.63) is 54.1 Å². The Labute approximate surface area is 165 Å². The quantitative estimate of drug-likeness (QED) is 0.764. The van der Waals surface area contributed by atoms with Crippen LogP contribution in [0.5, 0.6) is 5.75 Å². The first kappa shape index (κ1) is 18.5. The van der Waals surface area contributed by atoms with E-state index < -0.39 is 0 Å². The van der Waals surface area contributed by atoms with Crippen LogP contribution >= 0.6 is 0 Å². The molecule has 6 nitrogen and oxygen atoms in total. The number of carbonyl (C=O) groups excluding carboxylic acids is 2. The van der Waals surface area contributed by atoms with Crippen LogP contribution in [0.15, 0.2) is 48.5 Å². The van der Waals surface area contributed by atoms with Crippen LogP contribution in [0.25, 0.3) is 0 Å². The fourth-order valence-corrected chi connectivity index (χ4v) is 4.02. The van der Waals surface area contributed by atoms with Gasteiger partial charge in [-0.15, -0.1) is 0 Å². The summed E-state index contributed by atoms with van der Waals surface area (Å²) in [7, 11) is 1.66. The van der Waals surface area contributed by atoms with Gasteiger partial charge in [0.15, 0.2) is 0 Å². The zero-order valence-corrected chi connectivity index (χ0v) is 16.3. The summed E-state index contributed by atoms with van der Waals surface area (Å²) in [5.74, 6) is 0.625. The summed E-state index contributed by atoms with van der Waals surface area (Å²) in [4.78, 5) is 31.3. The van der Waals surface area contributed by atoms with E-state index in [1.165, 1.54) is 4.90 Å². The third kappa shape index (κ3) is 3.47. The Balaban J connectivity index is 1.42. The molecule has 2 saturated heterocycles. The Morgan fingerprint density at radius 1 is 0.929 bits per heavy atom. The van der Waals surface area contributed by atoms with E-state index in [0.717, 1.165) is 43.2 Å². The Morgan fingerprint density at radius 2 is 1.64 bits per heavy atom. The minimum absolute atomic E-state index is 0.103. The topological polar surface area (TPSA) is 53.1 Å². The molecule has 2 amide bonds. The van der Waals surface area contributed by atoms with Gasteiger partial charge in [0.25, 0.3) is 5.91 Å². The van der Waals surface area contributed by atoms with Gasteiger partial charge in [-0.1, -0.05) is 12.1 Å². The molecule has 4 rings (SSSR count). The Kier molecular flexibility index (Phi) is 5.05. The molecule has 0 radical (unpaired) electrons. The smallest absolute Gasteiger partial charge is 0.251 e. The molecule has 2 aromatic rings. The number of rotatable bonds is 4. The van der Waals surface area contributed by atoms with E-state index in [1.54, 1.807) is 7.11 Å². The molecule has 0 aromatic heterocycles. The molecule has 2 heterocycles. The van der Waals surface area contributed by atoms with Crippen LogP contribution < -0.4 is 14.5 Å². The third-order valence-electron chi connectivity index (χ3n) is 5.58. The second-order valence-electron chi connectivity index (χ2n) is 7.35. The zero-order chi connectivity index (χ0) is 19.7. The normalized spacial score (nSPS) is 20.7. The van der Waals surface area contributed by atoms with Gasteiger partial charge in [0.1, 0.15) is 5.75 Å². The SMILES string of the molecule is COc1ccc(N2CCN([C@H]3CC(=O)N(c4cccc(C)c4)C3=O)CC2)cc1. The summed E-state index contributed by atoms with van der Waals surface area (Å²) in [6, 6.07) is 15.2. The number of amides is 2. The lowest BCUT2D eigenvalue weighted by molar-refractivity contribution is -0.123. The number of anilines is 2. The second-order valence-corrected chi connectivity index (χ2v) is 7.35. The van der Waals surface area contributed by atoms with Crippen molar-refractivity contribution in [1.29, 1.82) is 0 Å². The van der Waals surface area contributed by atoms with Gasteiger partial charge >= 0.3 is 0 Å². The number of hydrogen-bond acceptors (Lipinski definition) is 5. The minimum atomic E-state index is -0.356. The number of piperazine rings is 1. The van der Waals surface area contributed by atoms with Crippen LogP contribution in [-0.2, 0) is 9.59 Å². The van der Waals surface area contributed by atoms with E-state index in [0.29, 0.717) is 5.69 Å². The molecular weight excluding hydrogens is 354 g/mol. The molecule has 2 aliphatic heterocycles. The highest BCUT2D eigenvalue weighted by Gasteiger charge is 2.43. The highest BCUT2D eigenvalue weighted by molar-refractivity contribution is 6.22. The Morgan fingerprint density at radius 3 is 2.29 bits per heavy atom. The predicted molar refractivity (Wildman–Crippen MR) is 109 cm³/mol. The summed E-state index contributed by atoms with van der Waals surface area (Å²) in [5, 5.41) is 0. The number of benzene rings is 2. The van der Waals surface area contributed by atoms with Crippen molar-refractivity contribution >= 4 is 23.2 Å². The van der Waals surface area contributed by atoms with Crippen LogP contribution in [0, 0.1) is 6.92 Å². The molecule has 0 bridgehead atoms. The number of nitrogens with zero attached hydrogens (tertiary/aromatic N) is 3. The summed E-state index contributed by atoms with van der Waals surface area (Å²) >= 11 is 0. The van der Waals surface area contributed by atoms with Crippen molar-refractivity contribution in [2.45, 2.75) is 19.4 Å². The largest absolute Gasteiger partial charge is 0.497 e. The lowest BCUT2D eigenvalue weighted by Gasteiger charge is -2.38. The average molecular weight is 379 g/mol. The van der Waals surface area contributed by atoms with E-state index in [2.05, 4.69) is 21.9 Å². The van der Waals surface area contributed by atoms with Gasteiger partial charge in [-0.2, -0.15) is 0 Å². The highest BCUT2D eigenvalue weighted by atomic mass is 16.5. The van der Waals surface area contributed by atoms with Crippen molar-refractivity contribution in [1.82, 2.24) is 4.90 Å². The zero-order valence-electron chi connectivity index (χ0n) is 16.3. The van der Waals surface area contributed by atoms with Gasteiger partial charge in [0.05, 0.1) is 25.3 Å². The number of imide groups is 1. The molecule has 6 heteroatoms. The van der Waals surface area contributed by atoms with Crippen LogP contribution in [-0.4, -0.2) is 56.0 Å². The number of ether oxygens (including phenoxy) is 1. The van der Waals surface area contributed by atoms with Crippen LogP contribution in [0.2, 0.25) is 0 Å². The highest BCUT2D eigenvalue weighted by Crippen LogP contribution is 2.28. The number of aryl methyl sites for hydroxylation is 1. The summed E-state index contributed by atoms with van der Waals surface area (Å²) < 4.78 is 5.22. The maximum absolute atomic E-state index is 13.0. The number of methoxy groups -OCH3 is 1. The van der Waals surface area contributed by atoms with Crippen molar-refractivity contribution in [2.24, 2.45) is 0 Å². The first-order valence-electron chi connectivity index (χ1n) is 9.63. The van der Waals surface area contributed by atoms with Crippen molar-refractivity contribution in [2.75, 3.05) is 43.1 Å². The number of hydrogen-bond donors (Lipinski definition) is 0. The van der Waals surface area contributed by atoms with Gasteiger partial charge in [0, 0.05) is 31.9 Å². The summed E-state index contributed by atoms with van der Waals surface area (Å²) in [6.07, 6.45) is 0.259. The molecule has 2 fully saturated rings. The van der Waals surface area contributed by atoms with E-state index in [-0.39, 0.29) is 24.3 Å². The molecule has 0 aliphatic carbocycles. The molecule has 0 N–H and O–H groups in total. The van der Waals surface area contributed by atoms with Gasteiger partial charge in [0.2, 0.25) is 5.91 Å². The van der Waals surface area contributed by atoms with Gasteiger partial charge in [-0.25, -0.2) is 4.90 Å². The number of carbonyl (C=O) groups is 2. The monoisotopic (exact) mass is 379 g/mol. The van der Waals surface area contributed by atoms with Crippen molar-refractivity contribution in [3.63, 3.8) is 0 Å². The van der Waals surface area contributed by atoms with E-state index in [9.17, 15) is 9.59 Å². The van der Waals surface area contributed by atoms with Crippen molar-refractivity contribution in [3.8, 4) is 5.75 Å². The molecule has 0 spiro atoms. The molecule has 146 valence electrons. The minimum Gasteiger partial charge on any atom is -0.497 e. The van der Waals surface area contributed by atoms with E-state index in [1.807, 2.05) is 43.3 Å². The lowest BCUT2D eigenvalue weighted by atomic mass is 10.1. The maximum atomic E-state index is 13.0. The van der Waals surface area contributed by atoms with Crippen LogP contribution in [0.4, 0.5) is 11.4 Å². The van der Waals surface area contributed by atoms with Crippen LogP contribution in [0.1, 0.15) is 12.0 Å². The van der Waals surface area contributed by atoms with Crippen molar-refractivity contribution < 1.29 is 14.3 Å². The maximum Gasteiger partial charge on any atom is 0.251 e. The molecule has 0 unspecified atom stereocenters. The lowest BCUT2D eigenvalue weighted by Crippen LogP contribution is -2.52. The fraction of sp³-hybridized carbons (Fsp3) is 0.364. The Bertz CT molecular complexity index is 873. The molecule has 28 heavy (non-hydrogen) atoms. The van der Waals surface area contributed by atoms with Gasteiger partial charge < -0.3 is 9.64 Å². The molecular formula is C22H25N3O3. The third-order valence-corrected chi connectivity index (χ3v) is 5.58. The molecule has 2 aromatic carbocycles. The first-order chi connectivity index (χ1) is 13.6. The summed E-state index contributed by atoms with van der Waals surface area (Å²) in [5.41, 5.74) is 2.86. The molecule has 2 aliphatic rings. The standard InChI is InChI=1S/C22H25N3O3/c1-16-4-3-5-18(14-16)25-21(26)15-20(22(25)27)24-12-10-23(11-13-24)17-6-8-19(28-2)9-7-17/h3-9,14,20H,10-13,15H2,1-2H3/t20-/m0/s1. The Hall–Kier alpha value is -2.86. The van der Waals surface area contributed by atoms with Gasteiger partial charge in [-0.05, 0) is 48.9 Å². The first-order valence-corrected chi connectivity index (χ1v) is 9.63. The average Bonchev–Trinajstić information content (AvgIpc) is 3.02. The summed E-state index contributed by atoms with van der Waals surface area (Å²) in [6.45, 7) is 5.14.